The van der Waals surface area contributed by atoms with E-state index in [1.165, 1.54) is 22.2 Å². The lowest BCUT2D eigenvalue weighted by molar-refractivity contribution is 0.218. The van der Waals surface area contributed by atoms with Crippen LogP contribution in [-0.4, -0.2) is 17.6 Å². The van der Waals surface area contributed by atoms with Gasteiger partial charge < -0.3 is 15.0 Å². The van der Waals surface area contributed by atoms with Crippen LogP contribution in [0.15, 0.2) is 18.2 Å². The van der Waals surface area contributed by atoms with E-state index in [2.05, 4.69) is 50.1 Å². The van der Waals surface area contributed by atoms with E-state index in [-0.39, 0.29) is 6.10 Å². The number of nitrogens with one attached hydrogen (secondary N) is 2. The van der Waals surface area contributed by atoms with Gasteiger partial charge in [0.1, 0.15) is 5.75 Å². The molecule has 0 aliphatic carbocycles. The fourth-order valence-corrected chi connectivity index (χ4v) is 2.23. The Morgan fingerprint density at radius 1 is 1.32 bits per heavy atom. The Morgan fingerprint density at radius 3 is 2.79 bits per heavy atom. The van der Waals surface area contributed by atoms with Gasteiger partial charge in [0.2, 0.25) is 0 Å². The second-order valence-corrected chi connectivity index (χ2v) is 5.05. The molecule has 3 heteroatoms. The zero-order valence-corrected chi connectivity index (χ0v) is 12.3. The van der Waals surface area contributed by atoms with Gasteiger partial charge in [-0.2, -0.15) is 0 Å². The molecule has 2 N–H and O–H groups in total. The summed E-state index contributed by atoms with van der Waals surface area (Å²) in [4.78, 5) is 3.43. The molecule has 1 aromatic carbocycles. The number of aryl methyl sites for hydroxylation is 1. The van der Waals surface area contributed by atoms with E-state index < -0.39 is 0 Å². The average Bonchev–Trinajstić information content (AvgIpc) is 2.71. The maximum absolute atomic E-state index is 5.91. The third-order valence-electron chi connectivity index (χ3n) is 3.55. The molecule has 1 atom stereocenters. The van der Waals surface area contributed by atoms with Crippen LogP contribution in [-0.2, 0) is 6.54 Å². The van der Waals surface area contributed by atoms with Crippen molar-refractivity contribution in [3.8, 4) is 5.75 Å². The quantitative estimate of drug-likeness (QED) is 0.829. The second-order valence-electron chi connectivity index (χ2n) is 5.05. The minimum absolute atomic E-state index is 0.259. The topological polar surface area (TPSA) is 37.0 Å². The fraction of sp³-hybridized carbons (Fsp3) is 0.500. The number of aromatic nitrogens is 1. The highest BCUT2D eigenvalue weighted by molar-refractivity contribution is 5.86. The molecule has 0 saturated heterocycles. The highest BCUT2D eigenvalue weighted by atomic mass is 16.5. The van der Waals surface area contributed by atoms with E-state index in [1.807, 2.05) is 6.07 Å². The normalized spacial score (nSPS) is 12.8. The van der Waals surface area contributed by atoms with Gasteiger partial charge in [0.25, 0.3) is 0 Å². The highest BCUT2D eigenvalue weighted by Crippen LogP contribution is 2.27. The first-order valence-electron chi connectivity index (χ1n) is 7.14. The van der Waals surface area contributed by atoms with Gasteiger partial charge in [-0.25, -0.2) is 0 Å². The Labute approximate surface area is 115 Å². The predicted molar refractivity (Wildman–Crippen MR) is 80.8 cm³/mol. The van der Waals surface area contributed by atoms with E-state index in [4.69, 9.17) is 4.74 Å². The molecule has 3 nitrogen and oxygen atoms in total. The number of hydrogen-bond acceptors (Lipinski definition) is 2. The molecule has 0 aliphatic heterocycles. The molecule has 0 bridgehead atoms. The zero-order valence-electron chi connectivity index (χ0n) is 12.3. The molecule has 1 heterocycles. The van der Waals surface area contributed by atoms with E-state index in [1.54, 1.807) is 0 Å². The molecule has 0 spiro atoms. The second kappa shape index (κ2) is 6.11. The van der Waals surface area contributed by atoms with Crippen molar-refractivity contribution in [2.75, 3.05) is 6.54 Å². The number of ether oxygens (including phenoxy) is 1. The molecule has 0 saturated carbocycles. The lowest BCUT2D eigenvalue weighted by Crippen LogP contribution is -2.12. The molecular formula is C16H24N2O. The zero-order chi connectivity index (χ0) is 13.8. The SMILES string of the molecule is CCNCc1c(C)[nH]c2ccc(O[C@H](C)CC)cc12. The smallest absolute Gasteiger partial charge is 0.120 e. The summed E-state index contributed by atoms with van der Waals surface area (Å²) in [5.41, 5.74) is 3.75. The monoisotopic (exact) mass is 260 g/mol. The number of H-pyrrole nitrogens is 1. The van der Waals surface area contributed by atoms with Gasteiger partial charge in [0.05, 0.1) is 6.10 Å². The number of rotatable bonds is 6. The molecule has 1 aromatic heterocycles. The van der Waals surface area contributed by atoms with Crippen LogP contribution in [0.5, 0.6) is 5.75 Å². The summed E-state index contributed by atoms with van der Waals surface area (Å²) in [7, 11) is 0. The first-order chi connectivity index (χ1) is 9.15. The van der Waals surface area contributed by atoms with Crippen molar-refractivity contribution in [3.05, 3.63) is 29.5 Å². The van der Waals surface area contributed by atoms with Gasteiger partial charge in [0, 0.05) is 23.1 Å². The summed E-state index contributed by atoms with van der Waals surface area (Å²) in [5.74, 6) is 0.957. The van der Waals surface area contributed by atoms with Gasteiger partial charge in [-0.15, -0.1) is 0 Å². The summed E-state index contributed by atoms with van der Waals surface area (Å²) < 4.78 is 5.91. The summed E-state index contributed by atoms with van der Waals surface area (Å²) in [6, 6.07) is 6.30. The van der Waals surface area contributed by atoms with Crippen LogP contribution in [0, 0.1) is 6.92 Å². The molecule has 0 aliphatic rings. The van der Waals surface area contributed by atoms with Crippen molar-refractivity contribution in [1.82, 2.24) is 10.3 Å². The number of fused-ring (bicyclic) bond motifs is 1. The minimum atomic E-state index is 0.259. The van der Waals surface area contributed by atoms with Crippen molar-refractivity contribution in [3.63, 3.8) is 0 Å². The first kappa shape index (κ1) is 13.9. The minimum Gasteiger partial charge on any atom is -0.491 e. The van der Waals surface area contributed by atoms with E-state index in [9.17, 15) is 0 Å². The van der Waals surface area contributed by atoms with Gasteiger partial charge >= 0.3 is 0 Å². The molecule has 2 aromatic rings. The Morgan fingerprint density at radius 2 is 2.11 bits per heavy atom. The predicted octanol–water partition coefficient (Wildman–Crippen LogP) is 3.76. The lowest BCUT2D eigenvalue weighted by Gasteiger charge is -2.12. The third-order valence-corrected chi connectivity index (χ3v) is 3.55. The van der Waals surface area contributed by atoms with Crippen LogP contribution in [0.25, 0.3) is 10.9 Å². The first-order valence-corrected chi connectivity index (χ1v) is 7.14. The molecule has 19 heavy (non-hydrogen) atoms. The fourth-order valence-electron chi connectivity index (χ4n) is 2.23. The molecular weight excluding hydrogens is 236 g/mol. The molecule has 0 fully saturated rings. The van der Waals surface area contributed by atoms with Crippen molar-refractivity contribution >= 4 is 10.9 Å². The standard InChI is InChI=1S/C16H24N2O/c1-5-11(3)19-13-7-8-16-14(9-13)15(10-17-6-2)12(4)18-16/h7-9,11,17-18H,5-6,10H2,1-4H3/t11-/m1/s1. The van der Waals surface area contributed by atoms with Gasteiger partial charge in [-0.05, 0) is 50.6 Å². The average molecular weight is 260 g/mol. The molecule has 2 rings (SSSR count). The van der Waals surface area contributed by atoms with Crippen LogP contribution < -0.4 is 10.1 Å². The summed E-state index contributed by atoms with van der Waals surface area (Å²) in [6.07, 6.45) is 1.28. The number of benzene rings is 1. The molecule has 104 valence electrons. The van der Waals surface area contributed by atoms with E-state index in [0.29, 0.717) is 0 Å². The van der Waals surface area contributed by atoms with Crippen LogP contribution in [0.4, 0.5) is 0 Å². The molecule has 0 radical (unpaired) electrons. The Kier molecular flexibility index (Phi) is 4.48. The lowest BCUT2D eigenvalue weighted by atomic mass is 10.1. The van der Waals surface area contributed by atoms with E-state index >= 15 is 0 Å². The maximum Gasteiger partial charge on any atom is 0.120 e. The molecule has 0 amide bonds. The Hall–Kier alpha value is -1.48. The van der Waals surface area contributed by atoms with Gasteiger partial charge in [-0.1, -0.05) is 13.8 Å². The van der Waals surface area contributed by atoms with Crippen LogP contribution in [0.1, 0.15) is 38.4 Å². The Bertz CT molecular complexity index is 545. The van der Waals surface area contributed by atoms with Crippen LogP contribution in [0.3, 0.4) is 0 Å². The summed E-state index contributed by atoms with van der Waals surface area (Å²) >= 11 is 0. The highest BCUT2D eigenvalue weighted by Gasteiger charge is 2.10. The number of hydrogen-bond donors (Lipinski definition) is 2. The summed E-state index contributed by atoms with van der Waals surface area (Å²) in [6.45, 7) is 10.4. The van der Waals surface area contributed by atoms with Crippen molar-refractivity contribution in [2.45, 2.75) is 46.8 Å². The van der Waals surface area contributed by atoms with Crippen LogP contribution in [0.2, 0.25) is 0 Å². The van der Waals surface area contributed by atoms with Crippen molar-refractivity contribution in [1.29, 1.82) is 0 Å². The summed E-state index contributed by atoms with van der Waals surface area (Å²) in [5, 5.41) is 4.66. The maximum atomic E-state index is 5.91. The van der Waals surface area contributed by atoms with E-state index in [0.717, 1.165) is 25.3 Å². The Balaban J connectivity index is 2.33. The van der Waals surface area contributed by atoms with Crippen LogP contribution >= 0.6 is 0 Å². The van der Waals surface area contributed by atoms with Gasteiger partial charge in [-0.3, -0.25) is 0 Å². The van der Waals surface area contributed by atoms with Crippen molar-refractivity contribution < 1.29 is 4.74 Å². The number of aromatic amines is 1. The molecule has 0 unspecified atom stereocenters. The largest absolute Gasteiger partial charge is 0.491 e. The van der Waals surface area contributed by atoms with Crippen molar-refractivity contribution in [2.24, 2.45) is 0 Å². The third kappa shape index (κ3) is 3.10. The van der Waals surface area contributed by atoms with Gasteiger partial charge in [0.15, 0.2) is 0 Å².